The van der Waals surface area contributed by atoms with E-state index in [1.165, 1.54) is 43.7 Å². The van der Waals surface area contributed by atoms with Crippen LogP contribution >= 0.6 is 0 Å². The fourth-order valence-corrected chi connectivity index (χ4v) is 8.48. The average Bonchev–Trinajstić information content (AvgIpc) is 3.89. The van der Waals surface area contributed by atoms with Gasteiger partial charge in [-0.1, -0.05) is 91.0 Å². The molecule has 4 heterocycles. The molecule has 1 aliphatic rings. The van der Waals surface area contributed by atoms with Gasteiger partial charge in [-0.25, -0.2) is 0 Å². The average molecular weight is 701 g/mol. The third kappa shape index (κ3) is 4.54. The van der Waals surface area contributed by atoms with Crippen LogP contribution in [0.4, 0.5) is 0 Å². The Bertz CT molecular complexity index is 3110. The summed E-state index contributed by atoms with van der Waals surface area (Å²) in [7, 11) is -0.448. The van der Waals surface area contributed by atoms with Crippen LogP contribution in [0.1, 0.15) is 27.7 Å². The fourth-order valence-electron chi connectivity index (χ4n) is 8.48. The lowest BCUT2D eigenvalue weighted by Crippen LogP contribution is -2.41. The molecule has 0 aliphatic carbocycles. The van der Waals surface area contributed by atoms with Gasteiger partial charge in [-0.2, -0.15) is 0 Å². The van der Waals surface area contributed by atoms with Gasteiger partial charge in [-0.3, -0.25) is 0 Å². The van der Waals surface area contributed by atoms with Crippen LogP contribution in [0.25, 0.3) is 88.1 Å². The van der Waals surface area contributed by atoms with Crippen molar-refractivity contribution in [2.45, 2.75) is 38.9 Å². The van der Waals surface area contributed by atoms with Crippen molar-refractivity contribution in [1.82, 2.24) is 9.13 Å². The Hall–Kier alpha value is -6.08. The van der Waals surface area contributed by atoms with E-state index in [0.717, 1.165) is 49.8 Å². The molecule has 0 amide bonds. The first-order valence-electron chi connectivity index (χ1n) is 18.7. The fraction of sp³-hybridized carbons (Fsp3) is 0.125. The van der Waals surface area contributed by atoms with E-state index < -0.39 is 18.3 Å². The van der Waals surface area contributed by atoms with Crippen molar-refractivity contribution in [3.8, 4) is 22.5 Å². The first kappa shape index (κ1) is 31.5. The molecule has 0 spiro atoms. The maximum atomic E-state index is 6.42. The van der Waals surface area contributed by atoms with E-state index in [1.54, 1.807) is 0 Å². The number of benzene rings is 7. The Balaban J connectivity index is 1.08. The maximum absolute atomic E-state index is 6.42. The molecule has 11 rings (SSSR count). The Morgan fingerprint density at radius 2 is 0.907 bits per heavy atom. The molecule has 0 bridgehead atoms. The van der Waals surface area contributed by atoms with Gasteiger partial charge in [0.15, 0.2) is 0 Å². The molecule has 260 valence electrons. The molecule has 0 unspecified atom stereocenters. The zero-order valence-corrected chi connectivity index (χ0v) is 30.6. The largest absolute Gasteiger partial charge is 0.494 e. The molecular formula is C48H37BN2O3. The second-order valence-corrected chi connectivity index (χ2v) is 15.6. The summed E-state index contributed by atoms with van der Waals surface area (Å²) >= 11 is 0. The number of aromatic nitrogens is 2. The van der Waals surface area contributed by atoms with E-state index in [1.807, 2.05) is 6.07 Å². The van der Waals surface area contributed by atoms with Crippen molar-refractivity contribution >= 4 is 78.1 Å². The second-order valence-electron chi connectivity index (χ2n) is 15.6. The van der Waals surface area contributed by atoms with Crippen LogP contribution in [0.2, 0.25) is 0 Å². The summed E-state index contributed by atoms with van der Waals surface area (Å²) in [5.41, 5.74) is 11.1. The lowest BCUT2D eigenvalue weighted by molar-refractivity contribution is 0.00578. The summed E-state index contributed by atoms with van der Waals surface area (Å²) in [5.74, 6) is 0. The van der Waals surface area contributed by atoms with Crippen LogP contribution in [0.3, 0.4) is 0 Å². The van der Waals surface area contributed by atoms with Crippen molar-refractivity contribution in [3.63, 3.8) is 0 Å². The lowest BCUT2D eigenvalue weighted by atomic mass is 9.78. The van der Waals surface area contributed by atoms with E-state index >= 15 is 0 Å². The van der Waals surface area contributed by atoms with Gasteiger partial charge in [0.05, 0.1) is 33.3 Å². The molecule has 5 nitrogen and oxygen atoms in total. The summed E-state index contributed by atoms with van der Waals surface area (Å²) < 4.78 is 24.0. The smallest absolute Gasteiger partial charge is 0.456 e. The van der Waals surface area contributed by atoms with E-state index in [2.05, 4.69) is 182 Å². The number of hydrogen-bond donors (Lipinski definition) is 0. The summed E-state index contributed by atoms with van der Waals surface area (Å²) in [6.45, 7) is 8.35. The minimum absolute atomic E-state index is 0.417. The molecule has 0 saturated carbocycles. The number of hydrogen-bond acceptors (Lipinski definition) is 3. The summed E-state index contributed by atoms with van der Waals surface area (Å²) in [4.78, 5) is 0. The predicted octanol–water partition coefficient (Wildman–Crippen LogP) is 11.7. The molecule has 54 heavy (non-hydrogen) atoms. The minimum atomic E-state index is -0.448. The highest BCUT2D eigenvalue weighted by Gasteiger charge is 2.51. The molecule has 0 N–H and O–H groups in total. The quantitative estimate of drug-likeness (QED) is 0.172. The highest BCUT2D eigenvalue weighted by Crippen LogP contribution is 2.40. The molecule has 1 aliphatic heterocycles. The van der Waals surface area contributed by atoms with Crippen molar-refractivity contribution in [2.24, 2.45) is 0 Å². The van der Waals surface area contributed by atoms with E-state index in [4.69, 9.17) is 13.7 Å². The normalized spacial score (nSPS) is 15.5. The lowest BCUT2D eigenvalue weighted by Gasteiger charge is -2.32. The minimum Gasteiger partial charge on any atom is -0.456 e. The monoisotopic (exact) mass is 700 g/mol. The maximum Gasteiger partial charge on any atom is 0.494 e. The summed E-state index contributed by atoms with van der Waals surface area (Å²) in [5, 5.41) is 7.04. The summed E-state index contributed by atoms with van der Waals surface area (Å²) in [6.07, 6.45) is 0. The van der Waals surface area contributed by atoms with Crippen molar-refractivity contribution in [2.75, 3.05) is 0 Å². The van der Waals surface area contributed by atoms with Gasteiger partial charge in [0.2, 0.25) is 0 Å². The van der Waals surface area contributed by atoms with Crippen LogP contribution in [0, 0.1) is 0 Å². The topological polar surface area (TPSA) is 41.5 Å². The first-order valence-corrected chi connectivity index (χ1v) is 18.7. The molecule has 3 aromatic heterocycles. The molecular weight excluding hydrogens is 663 g/mol. The van der Waals surface area contributed by atoms with Crippen molar-refractivity contribution in [3.05, 3.63) is 152 Å². The third-order valence-corrected chi connectivity index (χ3v) is 12.0. The van der Waals surface area contributed by atoms with Gasteiger partial charge >= 0.3 is 7.12 Å². The number of rotatable bonds is 4. The van der Waals surface area contributed by atoms with Gasteiger partial charge in [0.1, 0.15) is 11.2 Å². The molecule has 6 heteroatoms. The highest BCUT2D eigenvalue weighted by molar-refractivity contribution is 6.62. The predicted molar refractivity (Wildman–Crippen MR) is 224 cm³/mol. The molecule has 1 saturated heterocycles. The van der Waals surface area contributed by atoms with Gasteiger partial charge < -0.3 is 22.9 Å². The zero-order chi connectivity index (χ0) is 36.3. The SMILES string of the molecule is CC1(C)OB(c2ccc3oc4ccc(-n5c6ccccc6c6ccc(-c7ccc8c9ccccc9n(-c9ccccc9)c8c7)cc65)cc4c3c2)OC1(C)C. The molecule has 7 aromatic carbocycles. The molecule has 10 aromatic rings. The Morgan fingerprint density at radius 3 is 1.52 bits per heavy atom. The molecule has 0 atom stereocenters. The van der Waals surface area contributed by atoms with Crippen molar-refractivity contribution in [1.29, 1.82) is 0 Å². The van der Waals surface area contributed by atoms with Gasteiger partial charge in [0.25, 0.3) is 0 Å². The van der Waals surface area contributed by atoms with Crippen LogP contribution < -0.4 is 5.46 Å². The zero-order valence-electron chi connectivity index (χ0n) is 30.6. The second kappa shape index (κ2) is 11.2. The summed E-state index contributed by atoms with van der Waals surface area (Å²) in [6, 6.07) is 54.6. The van der Waals surface area contributed by atoms with Gasteiger partial charge in [0, 0.05) is 43.7 Å². The van der Waals surface area contributed by atoms with Crippen LogP contribution in [-0.4, -0.2) is 27.5 Å². The third-order valence-electron chi connectivity index (χ3n) is 12.0. The molecule has 0 radical (unpaired) electrons. The van der Waals surface area contributed by atoms with Crippen LogP contribution in [0.15, 0.2) is 156 Å². The highest BCUT2D eigenvalue weighted by atomic mass is 16.7. The van der Waals surface area contributed by atoms with Crippen LogP contribution in [-0.2, 0) is 9.31 Å². The number of furan rings is 1. The van der Waals surface area contributed by atoms with E-state index in [-0.39, 0.29) is 0 Å². The Kier molecular flexibility index (Phi) is 6.53. The van der Waals surface area contributed by atoms with Crippen LogP contribution in [0.5, 0.6) is 0 Å². The first-order chi connectivity index (χ1) is 26.2. The van der Waals surface area contributed by atoms with Gasteiger partial charge in [-0.05, 0) is 105 Å². The molecule has 1 fully saturated rings. The van der Waals surface area contributed by atoms with E-state index in [0.29, 0.717) is 0 Å². The number of para-hydroxylation sites is 3. The Morgan fingerprint density at radius 1 is 0.407 bits per heavy atom. The Labute approximate surface area is 313 Å². The van der Waals surface area contributed by atoms with Crippen molar-refractivity contribution < 1.29 is 13.7 Å². The van der Waals surface area contributed by atoms with Gasteiger partial charge in [-0.15, -0.1) is 0 Å². The number of nitrogens with zero attached hydrogens (tertiary/aromatic N) is 2. The standard InChI is InChI=1S/C48H37BN2O3/c1-47(2)48(3,4)54-49(53-47)32-20-24-45-39(28-32)40-29-34(21-25-46(40)52-45)51-42-17-11-9-15-36(42)38-23-19-31(27-44(38)51)30-18-22-37-35-14-8-10-16-41(35)50(43(37)26-30)33-12-6-5-7-13-33/h5-29H,1-4H3. The van der Waals surface area contributed by atoms with E-state index in [9.17, 15) is 0 Å². The number of fused-ring (bicyclic) bond motifs is 9.